The minimum Gasteiger partial charge on any atom is -0.473 e. The van der Waals surface area contributed by atoms with Gasteiger partial charge in [-0.25, -0.2) is 9.59 Å². The number of carboxylic acid groups (broad SMARTS) is 2. The standard InChI is InChI=1S/C14H20N2O2.C2H2O4/c17-16(18)14-8-6-12(7-9-14)10-11-15-13-4-2-1-3-5-13;3-1(4)2(5)6/h6-9,13,15H,1-5,10-11H2;(H,3,4)(H,5,6). The van der Waals surface area contributed by atoms with Gasteiger partial charge in [-0.1, -0.05) is 31.4 Å². The molecule has 0 aromatic heterocycles. The summed E-state index contributed by atoms with van der Waals surface area (Å²) < 4.78 is 0. The van der Waals surface area contributed by atoms with E-state index in [0.717, 1.165) is 18.5 Å². The molecule has 3 N–H and O–H groups in total. The number of carboxylic acids is 2. The van der Waals surface area contributed by atoms with E-state index in [0.29, 0.717) is 6.04 Å². The lowest BCUT2D eigenvalue weighted by atomic mass is 9.95. The van der Waals surface area contributed by atoms with Crippen molar-refractivity contribution in [2.75, 3.05) is 6.54 Å². The summed E-state index contributed by atoms with van der Waals surface area (Å²) in [6.45, 7) is 0.961. The van der Waals surface area contributed by atoms with Crippen molar-refractivity contribution in [3.8, 4) is 0 Å². The van der Waals surface area contributed by atoms with E-state index in [1.165, 1.54) is 32.1 Å². The van der Waals surface area contributed by atoms with Crippen molar-refractivity contribution in [2.24, 2.45) is 0 Å². The number of nitro groups is 1. The molecule has 0 heterocycles. The van der Waals surface area contributed by atoms with E-state index < -0.39 is 11.9 Å². The van der Waals surface area contributed by atoms with Crippen LogP contribution in [0, 0.1) is 10.1 Å². The highest BCUT2D eigenvalue weighted by molar-refractivity contribution is 6.27. The quantitative estimate of drug-likeness (QED) is 0.426. The molecule has 2 rings (SSSR count). The Balaban J connectivity index is 0.000000413. The Morgan fingerprint density at radius 1 is 1.08 bits per heavy atom. The molecule has 8 heteroatoms. The molecule has 1 saturated carbocycles. The van der Waals surface area contributed by atoms with Gasteiger partial charge in [0, 0.05) is 18.2 Å². The minimum atomic E-state index is -1.82. The van der Waals surface area contributed by atoms with Crippen LogP contribution < -0.4 is 5.32 Å². The monoisotopic (exact) mass is 338 g/mol. The predicted molar refractivity (Wildman–Crippen MR) is 86.9 cm³/mol. The first-order valence-electron chi connectivity index (χ1n) is 7.83. The number of nitrogens with zero attached hydrogens (tertiary/aromatic N) is 1. The molecular weight excluding hydrogens is 316 g/mol. The van der Waals surface area contributed by atoms with Gasteiger partial charge < -0.3 is 15.5 Å². The van der Waals surface area contributed by atoms with Gasteiger partial charge in [0.05, 0.1) is 4.92 Å². The molecule has 0 amide bonds. The SMILES string of the molecule is O=C(O)C(=O)O.O=[N+]([O-])c1ccc(CCNC2CCCCC2)cc1. The van der Waals surface area contributed by atoms with Gasteiger partial charge in [0.25, 0.3) is 5.69 Å². The molecule has 1 aliphatic carbocycles. The van der Waals surface area contributed by atoms with E-state index in [1.807, 2.05) is 12.1 Å². The first-order valence-corrected chi connectivity index (χ1v) is 7.83. The number of nitrogens with one attached hydrogen (secondary N) is 1. The fourth-order valence-corrected chi connectivity index (χ4v) is 2.51. The molecule has 1 aromatic rings. The molecule has 0 saturated heterocycles. The Kier molecular flexibility index (Phi) is 8.42. The summed E-state index contributed by atoms with van der Waals surface area (Å²) in [5.74, 6) is -3.65. The molecule has 0 aliphatic heterocycles. The zero-order valence-corrected chi connectivity index (χ0v) is 13.3. The lowest BCUT2D eigenvalue weighted by Crippen LogP contribution is -2.32. The van der Waals surface area contributed by atoms with E-state index in [2.05, 4.69) is 5.32 Å². The fourth-order valence-electron chi connectivity index (χ4n) is 2.51. The van der Waals surface area contributed by atoms with Crippen LogP contribution in [0.2, 0.25) is 0 Å². The maximum absolute atomic E-state index is 10.5. The summed E-state index contributed by atoms with van der Waals surface area (Å²) >= 11 is 0. The van der Waals surface area contributed by atoms with Crippen LogP contribution in [0.25, 0.3) is 0 Å². The number of aliphatic carboxylic acids is 2. The molecule has 1 fully saturated rings. The third-order valence-corrected chi connectivity index (χ3v) is 3.78. The van der Waals surface area contributed by atoms with Crippen LogP contribution in [0.1, 0.15) is 37.7 Å². The second kappa shape index (κ2) is 10.3. The van der Waals surface area contributed by atoms with Crippen molar-refractivity contribution >= 4 is 17.6 Å². The number of benzene rings is 1. The molecule has 0 spiro atoms. The van der Waals surface area contributed by atoms with E-state index in [-0.39, 0.29) is 10.6 Å². The molecule has 1 aliphatic rings. The Labute approximate surface area is 139 Å². The van der Waals surface area contributed by atoms with Gasteiger partial charge in [0.2, 0.25) is 0 Å². The Hall–Kier alpha value is -2.48. The number of hydrogen-bond acceptors (Lipinski definition) is 5. The molecule has 132 valence electrons. The highest BCUT2D eigenvalue weighted by Gasteiger charge is 2.12. The van der Waals surface area contributed by atoms with E-state index in [4.69, 9.17) is 19.8 Å². The average molecular weight is 338 g/mol. The molecule has 24 heavy (non-hydrogen) atoms. The highest BCUT2D eigenvalue weighted by atomic mass is 16.6. The third kappa shape index (κ3) is 7.68. The Morgan fingerprint density at radius 2 is 1.62 bits per heavy atom. The lowest BCUT2D eigenvalue weighted by Gasteiger charge is -2.22. The van der Waals surface area contributed by atoms with E-state index in [1.54, 1.807) is 12.1 Å². The van der Waals surface area contributed by atoms with Gasteiger partial charge in [0.15, 0.2) is 0 Å². The van der Waals surface area contributed by atoms with Crippen molar-refractivity contribution < 1.29 is 24.7 Å². The normalized spacial score (nSPS) is 14.3. The Bertz CT molecular complexity index is 540. The lowest BCUT2D eigenvalue weighted by molar-refractivity contribution is -0.384. The first kappa shape index (κ1) is 19.6. The number of nitro benzene ring substituents is 1. The van der Waals surface area contributed by atoms with Gasteiger partial charge in [-0.15, -0.1) is 0 Å². The molecule has 0 radical (unpaired) electrons. The molecule has 0 bridgehead atoms. The van der Waals surface area contributed by atoms with Gasteiger partial charge in [0.1, 0.15) is 0 Å². The summed E-state index contributed by atoms with van der Waals surface area (Å²) in [5, 5.41) is 28.9. The maximum Gasteiger partial charge on any atom is 0.414 e. The topological polar surface area (TPSA) is 130 Å². The molecular formula is C16H22N2O6. The minimum absolute atomic E-state index is 0.166. The summed E-state index contributed by atoms with van der Waals surface area (Å²) in [6, 6.07) is 7.53. The van der Waals surface area contributed by atoms with Crippen LogP contribution in [-0.4, -0.2) is 39.7 Å². The van der Waals surface area contributed by atoms with E-state index in [9.17, 15) is 10.1 Å². The number of hydrogen-bond donors (Lipinski definition) is 3. The number of rotatable bonds is 5. The van der Waals surface area contributed by atoms with Crippen molar-refractivity contribution in [1.82, 2.24) is 5.32 Å². The zero-order chi connectivity index (χ0) is 17.9. The largest absolute Gasteiger partial charge is 0.473 e. The van der Waals surface area contributed by atoms with Gasteiger partial charge in [-0.2, -0.15) is 0 Å². The molecule has 0 unspecified atom stereocenters. The Morgan fingerprint density at radius 3 is 2.08 bits per heavy atom. The summed E-state index contributed by atoms with van der Waals surface area (Å²) in [5.41, 5.74) is 1.32. The predicted octanol–water partition coefficient (Wildman–Crippen LogP) is 2.22. The van der Waals surface area contributed by atoms with Crippen molar-refractivity contribution in [2.45, 2.75) is 44.6 Å². The second-order valence-electron chi connectivity index (χ2n) is 5.57. The summed E-state index contributed by atoms with van der Waals surface area (Å²) in [4.78, 5) is 28.4. The highest BCUT2D eigenvalue weighted by Crippen LogP contribution is 2.17. The van der Waals surface area contributed by atoms with E-state index >= 15 is 0 Å². The first-order chi connectivity index (χ1) is 11.4. The van der Waals surface area contributed by atoms with Gasteiger partial charge >= 0.3 is 11.9 Å². The number of non-ortho nitro benzene ring substituents is 1. The number of carbonyl (C=O) groups is 2. The van der Waals surface area contributed by atoms with Crippen LogP contribution >= 0.6 is 0 Å². The van der Waals surface area contributed by atoms with Gasteiger partial charge in [-0.3, -0.25) is 10.1 Å². The van der Waals surface area contributed by atoms with Gasteiger partial charge in [-0.05, 0) is 31.4 Å². The van der Waals surface area contributed by atoms with Crippen LogP contribution in [-0.2, 0) is 16.0 Å². The van der Waals surface area contributed by atoms with Crippen molar-refractivity contribution in [1.29, 1.82) is 0 Å². The second-order valence-corrected chi connectivity index (χ2v) is 5.57. The maximum atomic E-state index is 10.5. The van der Waals surface area contributed by atoms with Crippen molar-refractivity contribution in [3.05, 3.63) is 39.9 Å². The van der Waals surface area contributed by atoms with Crippen LogP contribution in [0.4, 0.5) is 5.69 Å². The molecule has 8 nitrogen and oxygen atoms in total. The van der Waals surface area contributed by atoms with Crippen LogP contribution in [0.3, 0.4) is 0 Å². The zero-order valence-electron chi connectivity index (χ0n) is 13.3. The third-order valence-electron chi connectivity index (χ3n) is 3.78. The molecule has 1 aromatic carbocycles. The average Bonchev–Trinajstić information content (AvgIpc) is 2.57. The molecule has 0 atom stereocenters. The smallest absolute Gasteiger partial charge is 0.414 e. The van der Waals surface area contributed by atoms with Crippen molar-refractivity contribution in [3.63, 3.8) is 0 Å². The fraction of sp³-hybridized carbons (Fsp3) is 0.500. The summed E-state index contributed by atoms with van der Waals surface area (Å²) in [7, 11) is 0. The summed E-state index contributed by atoms with van der Waals surface area (Å²) in [6.07, 6.45) is 7.58. The van der Waals surface area contributed by atoms with Crippen LogP contribution in [0.5, 0.6) is 0 Å². The van der Waals surface area contributed by atoms with Crippen LogP contribution in [0.15, 0.2) is 24.3 Å².